The van der Waals surface area contributed by atoms with Crippen molar-refractivity contribution in [2.45, 2.75) is 0 Å². The summed E-state index contributed by atoms with van der Waals surface area (Å²) in [5.41, 5.74) is 0.696. The van der Waals surface area contributed by atoms with E-state index >= 15 is 0 Å². The van der Waals surface area contributed by atoms with E-state index in [0.717, 1.165) is 18.3 Å². The average molecular weight is 349 g/mol. The molecule has 0 amide bonds. The lowest BCUT2D eigenvalue weighted by Gasteiger charge is -2.17. The van der Waals surface area contributed by atoms with Crippen LogP contribution in [0, 0.1) is 0 Å². The fourth-order valence-electron chi connectivity index (χ4n) is 1.70. The molecule has 98 valence electrons. The molecule has 0 N–H and O–H groups in total. The Morgan fingerprint density at radius 2 is 2.11 bits per heavy atom. The van der Waals surface area contributed by atoms with Gasteiger partial charge in [-0.1, -0.05) is 23.4 Å². The molecule has 2 rings (SSSR count). The molecule has 0 radical (unpaired) electrons. The molecular formula is C12H13BrClN2OS-. The highest BCUT2D eigenvalue weighted by Gasteiger charge is 2.19. The van der Waals surface area contributed by atoms with E-state index in [1.165, 1.54) is 0 Å². The fourth-order valence-corrected chi connectivity index (χ4v) is 2.46. The first-order valence-corrected chi connectivity index (χ1v) is 6.93. The number of rotatable bonds is 3. The maximum atomic E-state index is 12.0. The third kappa shape index (κ3) is 3.73. The molecule has 3 nitrogen and oxygen atoms in total. The molecule has 0 aromatic heterocycles. The van der Waals surface area contributed by atoms with Gasteiger partial charge in [0.1, 0.15) is 0 Å². The minimum Gasteiger partial charge on any atom is -1.00 e. The molecule has 0 saturated heterocycles. The van der Waals surface area contributed by atoms with E-state index in [4.69, 9.17) is 11.6 Å². The SMILES string of the molecule is CSC1=NCCN1CC(=O)c1ccc(Cl)cc1.[Br-]. The summed E-state index contributed by atoms with van der Waals surface area (Å²) in [5, 5.41) is 1.60. The standard InChI is InChI=1S/C12H13ClN2OS.BrH/c1-17-12-14-6-7-15(12)8-11(16)9-2-4-10(13)5-3-9;/h2-5H,6-8H2,1H3;1H/p-1. The highest BCUT2D eigenvalue weighted by atomic mass is 79.9. The predicted molar refractivity (Wildman–Crippen MR) is 73.2 cm³/mol. The maximum Gasteiger partial charge on any atom is 0.182 e. The molecule has 0 atom stereocenters. The van der Waals surface area contributed by atoms with Crippen molar-refractivity contribution in [2.24, 2.45) is 4.99 Å². The summed E-state index contributed by atoms with van der Waals surface area (Å²) >= 11 is 7.37. The lowest BCUT2D eigenvalue weighted by Crippen LogP contribution is -3.00. The van der Waals surface area contributed by atoms with Crippen LogP contribution in [0.4, 0.5) is 0 Å². The second-order valence-corrected chi connectivity index (χ2v) is 4.93. The van der Waals surface area contributed by atoms with Crippen LogP contribution in [0.5, 0.6) is 0 Å². The van der Waals surface area contributed by atoms with Crippen molar-refractivity contribution < 1.29 is 21.8 Å². The molecule has 6 heteroatoms. The van der Waals surface area contributed by atoms with Crippen LogP contribution in [0.1, 0.15) is 10.4 Å². The molecule has 1 aromatic rings. The normalized spacial score (nSPS) is 14.1. The van der Waals surface area contributed by atoms with Crippen LogP contribution in [0.3, 0.4) is 0 Å². The van der Waals surface area contributed by atoms with Crippen LogP contribution < -0.4 is 17.0 Å². The summed E-state index contributed by atoms with van der Waals surface area (Å²) in [6.45, 7) is 2.00. The number of hydrogen-bond acceptors (Lipinski definition) is 4. The van der Waals surface area contributed by atoms with Crippen LogP contribution in [0.25, 0.3) is 0 Å². The van der Waals surface area contributed by atoms with Crippen LogP contribution in [-0.2, 0) is 0 Å². The van der Waals surface area contributed by atoms with Gasteiger partial charge in [0.15, 0.2) is 11.0 Å². The van der Waals surface area contributed by atoms with Gasteiger partial charge in [0.2, 0.25) is 0 Å². The second kappa shape index (κ2) is 7.16. The van der Waals surface area contributed by atoms with Gasteiger partial charge in [0.05, 0.1) is 13.1 Å². The van der Waals surface area contributed by atoms with Gasteiger partial charge in [-0.3, -0.25) is 9.79 Å². The molecule has 0 saturated carbocycles. The molecule has 0 bridgehead atoms. The first-order valence-electron chi connectivity index (χ1n) is 5.33. The van der Waals surface area contributed by atoms with E-state index in [9.17, 15) is 4.79 Å². The third-order valence-corrected chi connectivity index (χ3v) is 3.58. The summed E-state index contributed by atoms with van der Waals surface area (Å²) in [5.74, 6) is 0.102. The Morgan fingerprint density at radius 1 is 1.44 bits per heavy atom. The summed E-state index contributed by atoms with van der Waals surface area (Å²) in [6.07, 6.45) is 1.98. The monoisotopic (exact) mass is 347 g/mol. The first kappa shape index (κ1) is 15.5. The van der Waals surface area contributed by atoms with Crippen LogP contribution in [0.2, 0.25) is 5.02 Å². The smallest absolute Gasteiger partial charge is 0.182 e. The van der Waals surface area contributed by atoms with Crippen molar-refractivity contribution in [3.05, 3.63) is 34.9 Å². The minimum atomic E-state index is 0. The lowest BCUT2D eigenvalue weighted by atomic mass is 10.1. The first-order chi connectivity index (χ1) is 8.20. The number of Topliss-reactive ketones (excluding diaryl/α,β-unsaturated/α-hetero) is 1. The number of amidine groups is 1. The summed E-state index contributed by atoms with van der Waals surface area (Å²) in [6, 6.07) is 7.00. The third-order valence-electron chi connectivity index (χ3n) is 2.57. The number of ketones is 1. The molecular weight excluding hydrogens is 336 g/mol. The molecule has 1 aromatic carbocycles. The number of benzene rings is 1. The number of nitrogens with zero attached hydrogens (tertiary/aromatic N) is 2. The predicted octanol–water partition coefficient (Wildman–Crippen LogP) is -0.439. The van der Waals surface area contributed by atoms with E-state index in [-0.39, 0.29) is 22.8 Å². The number of carbonyl (C=O) groups excluding carboxylic acids is 1. The highest BCUT2D eigenvalue weighted by Crippen LogP contribution is 2.14. The molecule has 0 unspecified atom stereocenters. The van der Waals surface area contributed by atoms with E-state index < -0.39 is 0 Å². The van der Waals surface area contributed by atoms with Crippen molar-refractivity contribution in [3.8, 4) is 0 Å². The molecule has 1 heterocycles. The number of thioether (sulfide) groups is 1. The number of hydrogen-bond donors (Lipinski definition) is 0. The lowest BCUT2D eigenvalue weighted by molar-refractivity contribution is -0.0000112. The van der Waals surface area contributed by atoms with E-state index in [1.807, 2.05) is 11.2 Å². The second-order valence-electron chi connectivity index (χ2n) is 3.72. The number of carbonyl (C=O) groups is 1. The topological polar surface area (TPSA) is 32.7 Å². The highest BCUT2D eigenvalue weighted by molar-refractivity contribution is 8.13. The molecule has 0 fully saturated rings. The van der Waals surface area contributed by atoms with Gasteiger partial charge in [-0.05, 0) is 30.5 Å². The summed E-state index contributed by atoms with van der Waals surface area (Å²) in [7, 11) is 0. The molecule has 0 spiro atoms. The Morgan fingerprint density at radius 3 is 2.72 bits per heavy atom. The van der Waals surface area contributed by atoms with Gasteiger partial charge in [-0.2, -0.15) is 0 Å². The number of aliphatic imine (C=N–C) groups is 1. The number of halogens is 2. The zero-order chi connectivity index (χ0) is 12.3. The summed E-state index contributed by atoms with van der Waals surface area (Å²) in [4.78, 5) is 18.4. The fraction of sp³-hybridized carbons (Fsp3) is 0.333. The van der Waals surface area contributed by atoms with Crippen LogP contribution in [0.15, 0.2) is 29.3 Å². The van der Waals surface area contributed by atoms with Gasteiger partial charge in [0.25, 0.3) is 0 Å². The maximum absolute atomic E-state index is 12.0. The molecule has 18 heavy (non-hydrogen) atoms. The van der Waals surface area contributed by atoms with Gasteiger partial charge in [-0.15, -0.1) is 0 Å². The Kier molecular flexibility index (Phi) is 6.18. The molecule has 1 aliphatic heterocycles. The van der Waals surface area contributed by atoms with Crippen molar-refractivity contribution in [1.29, 1.82) is 0 Å². The average Bonchev–Trinajstić information content (AvgIpc) is 2.77. The zero-order valence-electron chi connectivity index (χ0n) is 9.90. The van der Waals surface area contributed by atoms with E-state index in [0.29, 0.717) is 17.1 Å². The minimum absolute atomic E-state index is 0. The van der Waals surface area contributed by atoms with Crippen molar-refractivity contribution >= 4 is 34.3 Å². The molecule has 1 aliphatic rings. The van der Waals surface area contributed by atoms with Gasteiger partial charge >= 0.3 is 0 Å². The van der Waals surface area contributed by atoms with Crippen molar-refractivity contribution in [3.63, 3.8) is 0 Å². The van der Waals surface area contributed by atoms with Gasteiger partial charge in [0, 0.05) is 17.1 Å². The van der Waals surface area contributed by atoms with Gasteiger partial charge in [-0.25, -0.2) is 0 Å². The largest absolute Gasteiger partial charge is 1.00 e. The Hall–Kier alpha value is -0.520. The Labute approximate surface area is 126 Å². The van der Waals surface area contributed by atoms with E-state index in [2.05, 4.69) is 4.99 Å². The Bertz CT molecular complexity index is 450. The van der Waals surface area contributed by atoms with Crippen LogP contribution in [-0.4, -0.2) is 41.7 Å². The van der Waals surface area contributed by atoms with Gasteiger partial charge < -0.3 is 21.9 Å². The quantitative estimate of drug-likeness (QED) is 0.695. The van der Waals surface area contributed by atoms with Crippen LogP contribution >= 0.6 is 23.4 Å². The van der Waals surface area contributed by atoms with Crippen molar-refractivity contribution in [2.75, 3.05) is 25.9 Å². The van der Waals surface area contributed by atoms with Crippen molar-refractivity contribution in [1.82, 2.24) is 4.90 Å². The zero-order valence-corrected chi connectivity index (χ0v) is 13.1. The summed E-state index contributed by atoms with van der Waals surface area (Å²) < 4.78 is 0. The van der Waals surface area contributed by atoms with E-state index in [1.54, 1.807) is 36.0 Å². The molecule has 0 aliphatic carbocycles. The Balaban J connectivity index is 0.00000162.